The Bertz CT molecular complexity index is 358. The van der Waals surface area contributed by atoms with Gasteiger partial charge in [-0.1, -0.05) is 0 Å². The summed E-state index contributed by atoms with van der Waals surface area (Å²) in [6.45, 7) is 1.81. The molecule has 1 saturated carbocycles. The second-order valence-electron chi connectivity index (χ2n) is 3.43. The van der Waals surface area contributed by atoms with Crippen molar-refractivity contribution in [1.82, 2.24) is 14.8 Å². The Balaban J connectivity index is 2.20. The number of aromatic nitrogens is 3. The molecule has 5 nitrogen and oxygen atoms in total. The Morgan fingerprint density at radius 1 is 1.69 bits per heavy atom. The maximum absolute atomic E-state index is 10.6. The van der Waals surface area contributed by atoms with Gasteiger partial charge in [-0.3, -0.25) is 9.48 Å². The third kappa shape index (κ3) is 1.30. The number of hydrogen-bond donors (Lipinski definition) is 1. The number of carbonyl (C=O) groups is 1. The van der Waals surface area contributed by atoms with Gasteiger partial charge in [-0.05, 0) is 13.3 Å². The van der Waals surface area contributed by atoms with Crippen LogP contribution in [0.25, 0.3) is 0 Å². The van der Waals surface area contributed by atoms with Crippen LogP contribution in [0.5, 0.6) is 0 Å². The topological polar surface area (TPSA) is 68.0 Å². The van der Waals surface area contributed by atoms with Gasteiger partial charge in [-0.15, -0.1) is 0 Å². The van der Waals surface area contributed by atoms with Crippen LogP contribution in [0.1, 0.15) is 24.0 Å². The van der Waals surface area contributed by atoms with Gasteiger partial charge in [-0.25, -0.2) is 4.98 Å². The smallest absolute Gasteiger partial charge is 0.307 e. The van der Waals surface area contributed by atoms with Gasteiger partial charge in [0.2, 0.25) is 0 Å². The fourth-order valence-electron chi connectivity index (χ4n) is 1.60. The molecule has 1 aromatic rings. The second kappa shape index (κ2) is 2.55. The molecule has 0 saturated heterocycles. The Labute approximate surface area is 75.4 Å². The maximum Gasteiger partial charge on any atom is 0.307 e. The number of carboxylic acids is 1. The van der Waals surface area contributed by atoms with Gasteiger partial charge in [0.15, 0.2) is 0 Å². The van der Waals surface area contributed by atoms with E-state index < -0.39 is 5.97 Å². The zero-order valence-electron chi connectivity index (χ0n) is 7.56. The molecule has 1 aliphatic rings. The van der Waals surface area contributed by atoms with E-state index in [-0.39, 0.29) is 11.8 Å². The average Bonchev–Trinajstić information content (AvgIpc) is 2.73. The summed E-state index contributed by atoms with van der Waals surface area (Å²) in [6, 6.07) is 0. The van der Waals surface area contributed by atoms with Crippen molar-refractivity contribution in [3.63, 3.8) is 0 Å². The molecule has 1 aromatic heterocycles. The predicted molar refractivity (Wildman–Crippen MR) is 44.2 cm³/mol. The lowest BCUT2D eigenvalue weighted by molar-refractivity contribution is -0.138. The standard InChI is InChI=1S/C8H11N3O2/c1-4-9-7(11(2)10-4)5-3-6(5)8(12)13/h5-6H,3H2,1-2H3,(H,12,13). The molecule has 13 heavy (non-hydrogen) atoms. The third-order valence-electron chi connectivity index (χ3n) is 2.34. The fourth-order valence-corrected chi connectivity index (χ4v) is 1.60. The van der Waals surface area contributed by atoms with Crippen molar-refractivity contribution in [1.29, 1.82) is 0 Å². The summed E-state index contributed by atoms with van der Waals surface area (Å²) in [5, 5.41) is 12.8. The first-order chi connectivity index (χ1) is 6.09. The molecule has 5 heteroatoms. The summed E-state index contributed by atoms with van der Waals surface area (Å²) in [4.78, 5) is 14.8. The second-order valence-corrected chi connectivity index (χ2v) is 3.43. The SMILES string of the molecule is Cc1nc(C2CC2C(=O)O)n(C)n1. The van der Waals surface area contributed by atoms with Crippen LogP contribution in [0.15, 0.2) is 0 Å². The predicted octanol–water partition coefficient (Wildman–Crippen LogP) is 0.312. The summed E-state index contributed by atoms with van der Waals surface area (Å²) in [7, 11) is 1.80. The van der Waals surface area contributed by atoms with Crippen molar-refractivity contribution < 1.29 is 9.90 Å². The molecule has 0 aromatic carbocycles. The Morgan fingerprint density at radius 3 is 2.77 bits per heavy atom. The number of aliphatic carboxylic acids is 1. The van der Waals surface area contributed by atoms with E-state index in [1.54, 1.807) is 11.7 Å². The summed E-state index contributed by atoms with van der Waals surface area (Å²) >= 11 is 0. The van der Waals surface area contributed by atoms with Crippen molar-refractivity contribution in [2.75, 3.05) is 0 Å². The molecule has 0 radical (unpaired) electrons. The van der Waals surface area contributed by atoms with Crippen LogP contribution in [-0.2, 0) is 11.8 Å². The molecule has 70 valence electrons. The summed E-state index contributed by atoms with van der Waals surface area (Å²) in [5.41, 5.74) is 0. The van der Waals surface area contributed by atoms with Gasteiger partial charge in [0.25, 0.3) is 0 Å². The van der Waals surface area contributed by atoms with E-state index in [9.17, 15) is 4.79 Å². The first-order valence-electron chi connectivity index (χ1n) is 4.20. The van der Waals surface area contributed by atoms with Gasteiger partial charge in [0.1, 0.15) is 11.6 Å². The zero-order chi connectivity index (χ0) is 9.59. The highest BCUT2D eigenvalue weighted by Crippen LogP contribution is 2.46. The first-order valence-corrected chi connectivity index (χ1v) is 4.20. The van der Waals surface area contributed by atoms with Crippen LogP contribution in [-0.4, -0.2) is 25.8 Å². The Kier molecular flexibility index (Phi) is 1.61. The van der Waals surface area contributed by atoms with E-state index in [4.69, 9.17) is 5.11 Å². The van der Waals surface area contributed by atoms with E-state index in [1.807, 2.05) is 6.92 Å². The quantitative estimate of drug-likeness (QED) is 0.713. The average molecular weight is 181 g/mol. The van der Waals surface area contributed by atoms with Crippen LogP contribution >= 0.6 is 0 Å². The van der Waals surface area contributed by atoms with E-state index in [2.05, 4.69) is 10.1 Å². The molecule has 0 aliphatic heterocycles. The van der Waals surface area contributed by atoms with E-state index in [0.29, 0.717) is 12.2 Å². The minimum Gasteiger partial charge on any atom is -0.481 e. The highest BCUT2D eigenvalue weighted by atomic mass is 16.4. The Hall–Kier alpha value is -1.39. The molecule has 2 rings (SSSR count). The van der Waals surface area contributed by atoms with E-state index >= 15 is 0 Å². The molecule has 1 fully saturated rings. The third-order valence-corrected chi connectivity index (χ3v) is 2.34. The number of hydrogen-bond acceptors (Lipinski definition) is 3. The largest absolute Gasteiger partial charge is 0.481 e. The lowest BCUT2D eigenvalue weighted by atomic mass is 10.3. The molecule has 1 N–H and O–H groups in total. The molecule has 0 bridgehead atoms. The lowest BCUT2D eigenvalue weighted by Crippen LogP contribution is -2.03. The lowest BCUT2D eigenvalue weighted by Gasteiger charge is -1.95. The van der Waals surface area contributed by atoms with Crippen LogP contribution in [0.2, 0.25) is 0 Å². The molecular formula is C8H11N3O2. The van der Waals surface area contributed by atoms with Gasteiger partial charge in [-0.2, -0.15) is 5.10 Å². The van der Waals surface area contributed by atoms with Crippen LogP contribution < -0.4 is 0 Å². The molecule has 1 aliphatic carbocycles. The minimum atomic E-state index is -0.731. The monoisotopic (exact) mass is 181 g/mol. The van der Waals surface area contributed by atoms with E-state index in [1.165, 1.54) is 0 Å². The number of aryl methyl sites for hydroxylation is 2. The molecule has 2 unspecified atom stereocenters. The van der Waals surface area contributed by atoms with Gasteiger partial charge >= 0.3 is 5.97 Å². The molecule has 1 heterocycles. The fraction of sp³-hybridized carbons (Fsp3) is 0.625. The molecule has 2 atom stereocenters. The normalized spacial score (nSPS) is 26.0. The summed E-state index contributed by atoms with van der Waals surface area (Å²) in [5.74, 6) is 0.593. The van der Waals surface area contributed by atoms with Crippen molar-refractivity contribution in [2.24, 2.45) is 13.0 Å². The zero-order valence-corrected chi connectivity index (χ0v) is 7.56. The maximum atomic E-state index is 10.6. The van der Waals surface area contributed by atoms with Gasteiger partial charge in [0.05, 0.1) is 5.92 Å². The van der Waals surface area contributed by atoms with Crippen molar-refractivity contribution in [3.05, 3.63) is 11.6 Å². The minimum absolute atomic E-state index is 0.0729. The molecule has 0 spiro atoms. The summed E-state index contributed by atoms with van der Waals surface area (Å²) in [6.07, 6.45) is 0.696. The van der Waals surface area contributed by atoms with Crippen LogP contribution in [0.4, 0.5) is 0 Å². The summed E-state index contributed by atoms with van der Waals surface area (Å²) < 4.78 is 1.67. The Morgan fingerprint density at radius 2 is 2.38 bits per heavy atom. The highest BCUT2D eigenvalue weighted by molar-refractivity contribution is 5.74. The highest BCUT2D eigenvalue weighted by Gasteiger charge is 2.47. The number of carboxylic acid groups (broad SMARTS) is 1. The van der Waals surface area contributed by atoms with Gasteiger partial charge in [0, 0.05) is 13.0 Å². The number of rotatable bonds is 2. The van der Waals surface area contributed by atoms with Crippen LogP contribution in [0.3, 0.4) is 0 Å². The van der Waals surface area contributed by atoms with Gasteiger partial charge < -0.3 is 5.11 Å². The molecular weight excluding hydrogens is 170 g/mol. The van der Waals surface area contributed by atoms with E-state index in [0.717, 1.165) is 5.82 Å². The number of nitrogens with zero attached hydrogens (tertiary/aromatic N) is 3. The van der Waals surface area contributed by atoms with Crippen molar-refractivity contribution >= 4 is 5.97 Å². The van der Waals surface area contributed by atoms with Crippen molar-refractivity contribution in [2.45, 2.75) is 19.3 Å². The van der Waals surface area contributed by atoms with Crippen molar-refractivity contribution in [3.8, 4) is 0 Å². The van der Waals surface area contributed by atoms with Crippen LogP contribution in [0, 0.1) is 12.8 Å². The molecule has 0 amide bonds. The first kappa shape index (κ1) is 8.22.